The number of hydrogen-bond donors (Lipinski definition) is 1. The van der Waals surface area contributed by atoms with Crippen molar-refractivity contribution in [2.45, 2.75) is 19.7 Å². The molecule has 0 atom stereocenters. The Kier molecular flexibility index (Phi) is 4.90. The van der Waals surface area contributed by atoms with Crippen molar-refractivity contribution < 1.29 is 13.5 Å². The molecule has 21 heavy (non-hydrogen) atoms. The van der Waals surface area contributed by atoms with Crippen LogP contribution in [0.1, 0.15) is 16.8 Å². The lowest BCUT2D eigenvalue weighted by Crippen LogP contribution is -2.14. The van der Waals surface area contributed by atoms with Crippen LogP contribution in [0.4, 0.5) is 8.78 Å². The number of halogens is 2. The highest BCUT2D eigenvalue weighted by Crippen LogP contribution is 2.20. The quantitative estimate of drug-likeness (QED) is 0.890. The first-order chi connectivity index (χ1) is 10.1. The fourth-order valence-corrected chi connectivity index (χ4v) is 2.04. The standard InChI is InChI=1S/C15H15F2N3O/c1-20-10-11(6-13(20)7-18)8-19-9-12-4-2-3-5-14(12)21-15(16)17/h2-6,10,15,19H,8-9H2,1H3. The number of hydrogen-bond acceptors (Lipinski definition) is 3. The molecule has 4 nitrogen and oxygen atoms in total. The molecule has 0 radical (unpaired) electrons. The first-order valence-corrected chi connectivity index (χ1v) is 6.39. The average Bonchev–Trinajstić information content (AvgIpc) is 2.80. The summed E-state index contributed by atoms with van der Waals surface area (Å²) in [6.45, 7) is -1.89. The van der Waals surface area contributed by atoms with E-state index >= 15 is 0 Å². The zero-order valence-electron chi connectivity index (χ0n) is 11.5. The zero-order valence-corrected chi connectivity index (χ0v) is 11.5. The maximum atomic E-state index is 12.3. The van der Waals surface area contributed by atoms with Crippen molar-refractivity contribution >= 4 is 0 Å². The van der Waals surface area contributed by atoms with Gasteiger partial charge in [0.05, 0.1) is 0 Å². The lowest BCUT2D eigenvalue weighted by Gasteiger charge is -2.10. The van der Waals surface area contributed by atoms with Gasteiger partial charge < -0.3 is 14.6 Å². The molecule has 1 aromatic carbocycles. The third-order valence-electron chi connectivity index (χ3n) is 3.01. The number of aryl methyl sites for hydroxylation is 1. The number of nitriles is 1. The van der Waals surface area contributed by atoms with Crippen molar-refractivity contribution in [1.82, 2.24) is 9.88 Å². The van der Waals surface area contributed by atoms with Crippen LogP contribution in [-0.2, 0) is 20.1 Å². The van der Waals surface area contributed by atoms with E-state index in [9.17, 15) is 8.78 Å². The second-order valence-corrected chi connectivity index (χ2v) is 4.55. The van der Waals surface area contributed by atoms with E-state index in [0.29, 0.717) is 24.3 Å². The van der Waals surface area contributed by atoms with Crippen LogP contribution in [0, 0.1) is 11.3 Å². The number of para-hydroxylation sites is 1. The summed E-state index contributed by atoms with van der Waals surface area (Å²) in [7, 11) is 1.80. The van der Waals surface area contributed by atoms with Gasteiger partial charge in [0.1, 0.15) is 17.5 Å². The summed E-state index contributed by atoms with van der Waals surface area (Å²) in [5.74, 6) is 0.172. The smallest absolute Gasteiger partial charge is 0.387 e. The number of aromatic nitrogens is 1. The Labute approximate surface area is 121 Å². The van der Waals surface area contributed by atoms with Crippen LogP contribution < -0.4 is 10.1 Å². The van der Waals surface area contributed by atoms with E-state index in [1.807, 2.05) is 6.20 Å². The largest absolute Gasteiger partial charge is 0.434 e. The van der Waals surface area contributed by atoms with Crippen LogP contribution in [0.2, 0.25) is 0 Å². The van der Waals surface area contributed by atoms with Crippen molar-refractivity contribution in [3.8, 4) is 11.8 Å². The molecule has 110 valence electrons. The van der Waals surface area contributed by atoms with Crippen LogP contribution in [0.25, 0.3) is 0 Å². The van der Waals surface area contributed by atoms with Gasteiger partial charge in [0.25, 0.3) is 0 Å². The predicted molar refractivity (Wildman–Crippen MR) is 73.7 cm³/mol. The summed E-state index contributed by atoms with van der Waals surface area (Å²) in [5, 5.41) is 12.0. The first-order valence-electron chi connectivity index (χ1n) is 6.39. The summed E-state index contributed by atoms with van der Waals surface area (Å²) in [5.41, 5.74) is 2.20. The molecular weight excluding hydrogens is 276 g/mol. The molecule has 2 aromatic rings. The second-order valence-electron chi connectivity index (χ2n) is 4.55. The predicted octanol–water partition coefficient (Wildman–Crippen LogP) is 2.79. The van der Waals surface area contributed by atoms with Crippen LogP contribution in [0.3, 0.4) is 0 Å². The SMILES string of the molecule is Cn1cc(CNCc2ccccc2OC(F)F)cc1C#N. The number of ether oxygens (including phenoxy) is 1. The summed E-state index contributed by atoms with van der Waals surface area (Å²) < 4.78 is 30.8. The number of benzene rings is 1. The summed E-state index contributed by atoms with van der Waals surface area (Å²) in [6.07, 6.45) is 1.85. The van der Waals surface area contributed by atoms with Crippen molar-refractivity contribution in [2.75, 3.05) is 0 Å². The highest BCUT2D eigenvalue weighted by atomic mass is 19.3. The normalized spacial score (nSPS) is 10.6. The van der Waals surface area contributed by atoms with Crippen molar-refractivity contribution in [3.63, 3.8) is 0 Å². The minimum Gasteiger partial charge on any atom is -0.434 e. The van der Waals surface area contributed by atoms with Gasteiger partial charge in [-0.05, 0) is 17.7 Å². The molecule has 0 fully saturated rings. The minimum atomic E-state index is -2.83. The molecule has 0 saturated carbocycles. The van der Waals surface area contributed by atoms with Crippen LogP contribution >= 0.6 is 0 Å². The van der Waals surface area contributed by atoms with Gasteiger partial charge in [-0.1, -0.05) is 18.2 Å². The molecule has 0 saturated heterocycles. The maximum absolute atomic E-state index is 12.3. The maximum Gasteiger partial charge on any atom is 0.387 e. The molecule has 0 aliphatic rings. The molecule has 6 heteroatoms. The van der Waals surface area contributed by atoms with Crippen molar-refractivity contribution in [2.24, 2.45) is 7.05 Å². The van der Waals surface area contributed by atoms with E-state index in [2.05, 4.69) is 16.1 Å². The van der Waals surface area contributed by atoms with Crippen molar-refractivity contribution in [3.05, 3.63) is 53.3 Å². The van der Waals surface area contributed by atoms with Gasteiger partial charge in [-0.15, -0.1) is 0 Å². The molecule has 0 amide bonds. The van der Waals surface area contributed by atoms with E-state index in [1.54, 1.807) is 35.9 Å². The summed E-state index contributed by atoms with van der Waals surface area (Å²) >= 11 is 0. The molecule has 1 heterocycles. The first kappa shape index (κ1) is 15.0. The Morgan fingerprint density at radius 1 is 1.33 bits per heavy atom. The highest BCUT2D eigenvalue weighted by Gasteiger charge is 2.09. The van der Waals surface area contributed by atoms with Crippen LogP contribution in [0.5, 0.6) is 5.75 Å². The van der Waals surface area contributed by atoms with Crippen molar-refractivity contribution in [1.29, 1.82) is 5.26 Å². The van der Waals surface area contributed by atoms with Gasteiger partial charge in [-0.3, -0.25) is 0 Å². The van der Waals surface area contributed by atoms with Gasteiger partial charge in [0.2, 0.25) is 0 Å². The van der Waals surface area contributed by atoms with E-state index in [1.165, 1.54) is 6.07 Å². The van der Waals surface area contributed by atoms with E-state index in [0.717, 1.165) is 5.56 Å². The Morgan fingerprint density at radius 2 is 2.10 bits per heavy atom. The zero-order chi connectivity index (χ0) is 15.2. The lowest BCUT2D eigenvalue weighted by molar-refractivity contribution is -0.0505. The van der Waals surface area contributed by atoms with Crippen LogP contribution in [-0.4, -0.2) is 11.2 Å². The third kappa shape index (κ3) is 4.04. The van der Waals surface area contributed by atoms with E-state index < -0.39 is 6.61 Å². The fourth-order valence-electron chi connectivity index (χ4n) is 2.04. The lowest BCUT2D eigenvalue weighted by atomic mass is 10.2. The number of nitrogens with zero attached hydrogens (tertiary/aromatic N) is 2. The Hall–Kier alpha value is -2.39. The average molecular weight is 291 g/mol. The monoisotopic (exact) mass is 291 g/mol. The van der Waals surface area contributed by atoms with Gasteiger partial charge in [-0.2, -0.15) is 14.0 Å². The van der Waals surface area contributed by atoms with Gasteiger partial charge in [0, 0.05) is 31.9 Å². The Morgan fingerprint density at radius 3 is 2.76 bits per heavy atom. The fraction of sp³-hybridized carbons (Fsp3) is 0.267. The number of nitrogens with one attached hydrogen (secondary N) is 1. The number of alkyl halides is 2. The van der Waals surface area contributed by atoms with E-state index in [-0.39, 0.29) is 5.75 Å². The molecule has 0 aliphatic carbocycles. The molecular formula is C15H15F2N3O. The van der Waals surface area contributed by atoms with E-state index in [4.69, 9.17) is 5.26 Å². The molecule has 1 aromatic heterocycles. The third-order valence-corrected chi connectivity index (χ3v) is 3.01. The molecule has 0 aliphatic heterocycles. The molecule has 1 N–H and O–H groups in total. The van der Waals surface area contributed by atoms with Crippen LogP contribution in [0.15, 0.2) is 36.5 Å². The second kappa shape index (κ2) is 6.86. The number of rotatable bonds is 6. The minimum absolute atomic E-state index is 0.172. The Balaban J connectivity index is 1.95. The summed E-state index contributed by atoms with van der Waals surface area (Å²) in [6, 6.07) is 10.5. The van der Waals surface area contributed by atoms with Gasteiger partial charge in [0.15, 0.2) is 0 Å². The molecule has 0 bridgehead atoms. The molecule has 0 unspecified atom stereocenters. The summed E-state index contributed by atoms with van der Waals surface area (Å²) in [4.78, 5) is 0. The Bertz CT molecular complexity index is 647. The van der Waals surface area contributed by atoms with Gasteiger partial charge in [-0.25, -0.2) is 0 Å². The molecule has 0 spiro atoms. The topological polar surface area (TPSA) is 50.0 Å². The highest BCUT2D eigenvalue weighted by molar-refractivity contribution is 5.33. The van der Waals surface area contributed by atoms with Gasteiger partial charge >= 0.3 is 6.61 Å². The molecule has 2 rings (SSSR count).